The summed E-state index contributed by atoms with van der Waals surface area (Å²) in [5, 5.41) is 4.65. The molecular weight excluding hydrogens is 400 g/mol. The van der Waals surface area contributed by atoms with Crippen LogP contribution >= 0.6 is 0 Å². The minimum atomic E-state index is 0.577. The van der Waals surface area contributed by atoms with Crippen molar-refractivity contribution in [1.29, 1.82) is 0 Å². The smallest absolute Gasteiger partial charge is 0.180 e. The molecule has 0 amide bonds. The largest absolute Gasteiger partial charge is 0.497 e. The zero-order valence-corrected chi connectivity index (χ0v) is 17.6. The van der Waals surface area contributed by atoms with Crippen LogP contribution in [0.15, 0.2) is 79.4 Å². The van der Waals surface area contributed by atoms with E-state index in [0.29, 0.717) is 5.82 Å². The van der Waals surface area contributed by atoms with Gasteiger partial charge in [0, 0.05) is 59.9 Å². The Labute approximate surface area is 185 Å². The second kappa shape index (κ2) is 8.85. The molecule has 5 aromatic rings. The molecule has 0 aliphatic rings. The number of nitrogens with zero attached hydrogens (tertiary/aromatic N) is 4. The summed E-state index contributed by atoms with van der Waals surface area (Å²) in [6, 6.07) is 17.6. The fourth-order valence-electron chi connectivity index (χ4n) is 3.63. The summed E-state index contributed by atoms with van der Waals surface area (Å²) < 4.78 is 5.31. The van der Waals surface area contributed by atoms with Crippen LogP contribution in [0.4, 0.5) is 5.82 Å². The molecule has 7 nitrogen and oxygen atoms in total. The summed E-state index contributed by atoms with van der Waals surface area (Å²) in [7, 11) is 1.68. The van der Waals surface area contributed by atoms with E-state index in [0.717, 1.165) is 47.0 Å². The number of aromatic amines is 1. The Balaban J connectivity index is 1.39. The molecule has 0 atom stereocenters. The highest BCUT2D eigenvalue weighted by molar-refractivity contribution is 5.84. The summed E-state index contributed by atoms with van der Waals surface area (Å²) >= 11 is 0. The Morgan fingerprint density at radius 1 is 0.969 bits per heavy atom. The average molecular weight is 422 g/mol. The molecule has 4 heterocycles. The van der Waals surface area contributed by atoms with Crippen molar-refractivity contribution in [3.63, 3.8) is 0 Å². The standard InChI is InChI=1S/C25H22N6O/c1-32-19-7-8-20-17(16-29-23(20)13-19)9-12-28-24-14-22(18-5-4-10-26-15-18)30-25(31-24)21-6-2-3-11-27-21/h2-8,10-11,13-16,29H,9,12H2,1H3,(H,28,30,31). The van der Waals surface area contributed by atoms with Crippen molar-refractivity contribution >= 4 is 16.7 Å². The van der Waals surface area contributed by atoms with Gasteiger partial charge in [-0.25, -0.2) is 9.97 Å². The van der Waals surface area contributed by atoms with Gasteiger partial charge < -0.3 is 15.0 Å². The van der Waals surface area contributed by atoms with E-state index < -0.39 is 0 Å². The maximum absolute atomic E-state index is 5.31. The minimum Gasteiger partial charge on any atom is -0.497 e. The third kappa shape index (κ3) is 4.13. The summed E-state index contributed by atoms with van der Waals surface area (Å²) in [6.45, 7) is 0.726. The van der Waals surface area contributed by atoms with Gasteiger partial charge in [0.15, 0.2) is 5.82 Å². The summed E-state index contributed by atoms with van der Waals surface area (Å²) in [5.74, 6) is 2.17. The predicted octanol–water partition coefficient (Wildman–Crippen LogP) is 4.75. The van der Waals surface area contributed by atoms with Gasteiger partial charge >= 0.3 is 0 Å². The quantitative estimate of drug-likeness (QED) is 0.394. The van der Waals surface area contributed by atoms with Crippen LogP contribution in [0.1, 0.15) is 5.56 Å². The minimum absolute atomic E-state index is 0.577. The molecule has 158 valence electrons. The third-order valence-electron chi connectivity index (χ3n) is 5.25. The van der Waals surface area contributed by atoms with Crippen LogP contribution in [-0.4, -0.2) is 38.6 Å². The topological polar surface area (TPSA) is 88.6 Å². The first kappa shape index (κ1) is 19.7. The number of H-pyrrole nitrogens is 1. The Morgan fingerprint density at radius 2 is 1.94 bits per heavy atom. The van der Waals surface area contributed by atoms with Crippen molar-refractivity contribution in [1.82, 2.24) is 24.9 Å². The van der Waals surface area contributed by atoms with Crippen molar-refractivity contribution in [2.45, 2.75) is 6.42 Å². The van der Waals surface area contributed by atoms with Gasteiger partial charge in [0.1, 0.15) is 17.3 Å². The molecule has 2 N–H and O–H groups in total. The maximum atomic E-state index is 5.31. The van der Waals surface area contributed by atoms with E-state index in [2.05, 4.69) is 26.3 Å². The molecule has 1 aromatic carbocycles. The maximum Gasteiger partial charge on any atom is 0.180 e. The summed E-state index contributed by atoms with van der Waals surface area (Å²) in [4.78, 5) is 21.4. The van der Waals surface area contributed by atoms with Gasteiger partial charge in [-0.05, 0) is 48.4 Å². The van der Waals surface area contributed by atoms with Crippen LogP contribution in [0.2, 0.25) is 0 Å². The highest BCUT2D eigenvalue weighted by atomic mass is 16.5. The lowest BCUT2D eigenvalue weighted by Gasteiger charge is -2.10. The van der Waals surface area contributed by atoms with E-state index in [1.54, 1.807) is 25.7 Å². The van der Waals surface area contributed by atoms with E-state index in [-0.39, 0.29) is 0 Å². The molecule has 0 fully saturated rings. The van der Waals surface area contributed by atoms with Crippen LogP contribution in [0.5, 0.6) is 5.75 Å². The Bertz CT molecular complexity index is 1280. The SMILES string of the molecule is COc1ccc2c(CCNc3cc(-c4cccnc4)nc(-c4ccccn4)n3)c[nH]c2c1. The van der Waals surface area contributed by atoms with Gasteiger partial charge in [0.25, 0.3) is 0 Å². The van der Waals surface area contributed by atoms with Crippen molar-refractivity contribution in [2.75, 3.05) is 19.0 Å². The van der Waals surface area contributed by atoms with Crippen LogP contribution < -0.4 is 10.1 Å². The number of fused-ring (bicyclic) bond motifs is 1. The number of benzene rings is 1. The van der Waals surface area contributed by atoms with Crippen molar-refractivity contribution in [3.8, 4) is 28.5 Å². The molecule has 4 aromatic heterocycles. The van der Waals surface area contributed by atoms with Gasteiger partial charge in [-0.3, -0.25) is 9.97 Å². The van der Waals surface area contributed by atoms with Gasteiger partial charge in [-0.1, -0.05) is 6.07 Å². The van der Waals surface area contributed by atoms with Crippen LogP contribution in [0, 0.1) is 0 Å². The van der Waals surface area contributed by atoms with Crippen molar-refractivity contribution < 1.29 is 4.74 Å². The lowest BCUT2D eigenvalue weighted by molar-refractivity contribution is 0.415. The molecule has 0 aliphatic heterocycles. The molecule has 0 spiro atoms. The van der Waals surface area contributed by atoms with Crippen molar-refractivity contribution in [3.05, 3.63) is 84.9 Å². The first-order valence-corrected chi connectivity index (χ1v) is 10.4. The second-order valence-electron chi connectivity index (χ2n) is 7.32. The number of methoxy groups -OCH3 is 1. The first-order chi connectivity index (χ1) is 15.8. The van der Waals surface area contributed by atoms with E-state index in [1.165, 1.54) is 10.9 Å². The second-order valence-corrected chi connectivity index (χ2v) is 7.32. The van der Waals surface area contributed by atoms with E-state index >= 15 is 0 Å². The van der Waals surface area contributed by atoms with E-state index in [4.69, 9.17) is 14.7 Å². The molecule has 5 rings (SSSR count). The van der Waals surface area contributed by atoms with Gasteiger partial charge in [-0.15, -0.1) is 0 Å². The third-order valence-corrected chi connectivity index (χ3v) is 5.25. The fraction of sp³-hybridized carbons (Fsp3) is 0.120. The van der Waals surface area contributed by atoms with Crippen LogP contribution in [-0.2, 0) is 6.42 Å². The number of hydrogen-bond acceptors (Lipinski definition) is 6. The number of anilines is 1. The Kier molecular flexibility index (Phi) is 5.45. The molecule has 0 saturated heterocycles. The number of pyridine rings is 2. The molecule has 7 heteroatoms. The lowest BCUT2D eigenvalue weighted by Crippen LogP contribution is -2.08. The summed E-state index contributed by atoms with van der Waals surface area (Å²) in [5.41, 5.74) is 4.77. The fourth-order valence-corrected chi connectivity index (χ4v) is 3.63. The number of ether oxygens (including phenoxy) is 1. The molecule has 0 aliphatic carbocycles. The molecule has 0 bridgehead atoms. The normalized spacial score (nSPS) is 10.9. The molecular formula is C25H22N6O. The number of rotatable bonds is 7. The van der Waals surface area contributed by atoms with Crippen LogP contribution in [0.25, 0.3) is 33.7 Å². The highest BCUT2D eigenvalue weighted by Crippen LogP contribution is 2.25. The van der Waals surface area contributed by atoms with Gasteiger partial charge in [0.2, 0.25) is 0 Å². The zero-order valence-electron chi connectivity index (χ0n) is 17.6. The van der Waals surface area contributed by atoms with Gasteiger partial charge in [0.05, 0.1) is 12.8 Å². The number of aromatic nitrogens is 5. The molecule has 0 unspecified atom stereocenters. The Morgan fingerprint density at radius 3 is 2.75 bits per heavy atom. The average Bonchev–Trinajstić information content (AvgIpc) is 3.27. The zero-order chi connectivity index (χ0) is 21.8. The van der Waals surface area contributed by atoms with Crippen molar-refractivity contribution in [2.24, 2.45) is 0 Å². The lowest BCUT2D eigenvalue weighted by atomic mass is 10.1. The van der Waals surface area contributed by atoms with Crippen LogP contribution in [0.3, 0.4) is 0 Å². The van der Waals surface area contributed by atoms with E-state index in [1.807, 2.05) is 54.7 Å². The molecule has 32 heavy (non-hydrogen) atoms. The predicted molar refractivity (Wildman–Crippen MR) is 126 cm³/mol. The summed E-state index contributed by atoms with van der Waals surface area (Å²) in [6.07, 6.45) is 8.19. The van der Waals surface area contributed by atoms with Gasteiger partial charge in [-0.2, -0.15) is 0 Å². The number of hydrogen-bond donors (Lipinski definition) is 2. The molecule has 0 radical (unpaired) electrons. The number of nitrogens with one attached hydrogen (secondary N) is 2. The first-order valence-electron chi connectivity index (χ1n) is 10.4. The highest BCUT2D eigenvalue weighted by Gasteiger charge is 2.10. The monoisotopic (exact) mass is 422 g/mol. The Hall–Kier alpha value is -4.26. The van der Waals surface area contributed by atoms with E-state index in [9.17, 15) is 0 Å². The molecule has 0 saturated carbocycles.